The predicted molar refractivity (Wildman–Crippen MR) is 106 cm³/mol. The maximum absolute atomic E-state index is 12.8. The molecule has 2 aromatic rings. The number of aliphatic carboxylic acids is 1. The molecule has 0 aliphatic carbocycles. The zero-order chi connectivity index (χ0) is 20.4. The molecule has 2 aromatic carbocycles. The van der Waals surface area contributed by atoms with Crippen molar-refractivity contribution in [2.45, 2.75) is 19.8 Å². The molecule has 0 spiro atoms. The van der Waals surface area contributed by atoms with Gasteiger partial charge in [0.25, 0.3) is 0 Å². The minimum absolute atomic E-state index is 0.0474. The van der Waals surface area contributed by atoms with Crippen molar-refractivity contribution in [2.75, 3.05) is 13.2 Å². The van der Waals surface area contributed by atoms with E-state index in [1.165, 1.54) is 12.1 Å². The van der Waals surface area contributed by atoms with Crippen LogP contribution in [0.15, 0.2) is 54.6 Å². The van der Waals surface area contributed by atoms with Crippen molar-refractivity contribution >= 4 is 18.0 Å². The van der Waals surface area contributed by atoms with Gasteiger partial charge in [0.15, 0.2) is 0 Å². The first kappa shape index (κ1) is 21.2. The molecule has 2 N–H and O–H groups in total. The van der Waals surface area contributed by atoms with Gasteiger partial charge in [-0.3, -0.25) is 9.59 Å². The molecule has 28 heavy (non-hydrogen) atoms. The summed E-state index contributed by atoms with van der Waals surface area (Å²) in [5, 5.41) is 12.1. The molecule has 0 aliphatic rings. The number of carbonyl (C=O) groups is 2. The van der Waals surface area contributed by atoms with Gasteiger partial charge in [-0.15, -0.1) is 0 Å². The van der Waals surface area contributed by atoms with Gasteiger partial charge in [0.05, 0.1) is 12.5 Å². The van der Waals surface area contributed by atoms with Crippen molar-refractivity contribution in [1.29, 1.82) is 0 Å². The molecule has 1 unspecified atom stereocenters. The van der Waals surface area contributed by atoms with Crippen LogP contribution in [0.3, 0.4) is 0 Å². The number of halogens is 1. The van der Waals surface area contributed by atoms with Crippen molar-refractivity contribution < 1.29 is 23.8 Å². The van der Waals surface area contributed by atoms with E-state index in [1.54, 1.807) is 36.4 Å². The summed E-state index contributed by atoms with van der Waals surface area (Å²) in [6, 6.07) is 13.2. The second-order valence-electron chi connectivity index (χ2n) is 6.28. The minimum atomic E-state index is -0.962. The van der Waals surface area contributed by atoms with Gasteiger partial charge in [-0.2, -0.15) is 0 Å². The van der Waals surface area contributed by atoms with Crippen LogP contribution in [0, 0.1) is 11.7 Å². The van der Waals surface area contributed by atoms with Crippen LogP contribution in [0.2, 0.25) is 0 Å². The molecule has 0 saturated heterocycles. The molecule has 1 amide bonds. The highest BCUT2D eigenvalue weighted by Gasteiger charge is 2.18. The Kier molecular flexibility index (Phi) is 8.21. The van der Waals surface area contributed by atoms with E-state index in [-0.39, 0.29) is 24.7 Å². The second-order valence-corrected chi connectivity index (χ2v) is 6.28. The molecule has 1 atom stereocenters. The van der Waals surface area contributed by atoms with Gasteiger partial charge in [-0.05, 0) is 48.7 Å². The molecule has 0 aromatic heterocycles. The first-order chi connectivity index (χ1) is 13.5. The van der Waals surface area contributed by atoms with E-state index in [0.29, 0.717) is 13.0 Å². The SMILES string of the molecule is CCOc1ccc(CC(CNC(=O)C/C=C/c2ccc(F)cc2)C(=O)O)cc1. The van der Waals surface area contributed by atoms with Crippen LogP contribution in [0.4, 0.5) is 4.39 Å². The number of amides is 1. The predicted octanol–water partition coefficient (Wildman–Crippen LogP) is 3.69. The lowest BCUT2D eigenvalue weighted by atomic mass is 9.99. The van der Waals surface area contributed by atoms with Gasteiger partial charge < -0.3 is 15.2 Å². The Morgan fingerprint density at radius 3 is 2.43 bits per heavy atom. The zero-order valence-corrected chi connectivity index (χ0v) is 15.7. The zero-order valence-electron chi connectivity index (χ0n) is 15.7. The summed E-state index contributed by atoms with van der Waals surface area (Å²) < 4.78 is 18.2. The van der Waals surface area contributed by atoms with Crippen LogP contribution >= 0.6 is 0 Å². The van der Waals surface area contributed by atoms with Crippen molar-refractivity contribution in [1.82, 2.24) is 5.32 Å². The molecular formula is C22H24FNO4. The fourth-order valence-electron chi connectivity index (χ4n) is 2.60. The Hall–Kier alpha value is -3.15. The quantitative estimate of drug-likeness (QED) is 0.654. The maximum Gasteiger partial charge on any atom is 0.308 e. The Morgan fingerprint density at radius 2 is 1.82 bits per heavy atom. The van der Waals surface area contributed by atoms with Crippen LogP contribution in [0.5, 0.6) is 5.75 Å². The van der Waals surface area contributed by atoms with E-state index in [0.717, 1.165) is 16.9 Å². The number of ether oxygens (including phenoxy) is 1. The minimum Gasteiger partial charge on any atom is -0.494 e. The lowest BCUT2D eigenvalue weighted by Gasteiger charge is -2.13. The number of carboxylic acids is 1. The monoisotopic (exact) mass is 385 g/mol. The number of carboxylic acid groups (broad SMARTS) is 1. The fraction of sp³-hybridized carbons (Fsp3) is 0.273. The molecule has 148 valence electrons. The van der Waals surface area contributed by atoms with Crippen LogP contribution < -0.4 is 10.1 Å². The topological polar surface area (TPSA) is 75.6 Å². The van der Waals surface area contributed by atoms with Gasteiger partial charge >= 0.3 is 5.97 Å². The molecule has 0 fully saturated rings. The number of carbonyl (C=O) groups excluding carboxylic acids is 1. The lowest BCUT2D eigenvalue weighted by molar-refractivity contribution is -0.141. The number of nitrogens with one attached hydrogen (secondary N) is 1. The molecule has 0 aliphatic heterocycles. The number of hydrogen-bond acceptors (Lipinski definition) is 3. The first-order valence-corrected chi connectivity index (χ1v) is 9.11. The summed E-state index contributed by atoms with van der Waals surface area (Å²) >= 11 is 0. The van der Waals surface area contributed by atoms with Gasteiger partial charge in [0, 0.05) is 13.0 Å². The third-order valence-electron chi connectivity index (χ3n) is 4.09. The van der Waals surface area contributed by atoms with E-state index in [4.69, 9.17) is 4.74 Å². The highest BCUT2D eigenvalue weighted by molar-refractivity contribution is 5.79. The van der Waals surface area contributed by atoms with E-state index < -0.39 is 11.9 Å². The van der Waals surface area contributed by atoms with Crippen LogP contribution in [-0.2, 0) is 16.0 Å². The van der Waals surface area contributed by atoms with Crippen LogP contribution in [0.1, 0.15) is 24.5 Å². The molecular weight excluding hydrogens is 361 g/mol. The van der Waals surface area contributed by atoms with Crippen molar-refractivity contribution in [3.8, 4) is 5.75 Å². The van der Waals surface area contributed by atoms with Crippen molar-refractivity contribution in [2.24, 2.45) is 5.92 Å². The van der Waals surface area contributed by atoms with Gasteiger partial charge in [0.2, 0.25) is 5.91 Å². The molecule has 6 heteroatoms. The summed E-state index contributed by atoms with van der Waals surface area (Å²) in [5.74, 6) is -1.53. The highest BCUT2D eigenvalue weighted by Crippen LogP contribution is 2.15. The van der Waals surface area contributed by atoms with E-state index >= 15 is 0 Å². The molecule has 0 bridgehead atoms. The maximum atomic E-state index is 12.8. The standard InChI is InChI=1S/C22H24FNO4/c1-2-28-20-12-8-17(9-13-20)14-18(22(26)27)15-24-21(25)5-3-4-16-6-10-19(23)11-7-16/h3-4,6-13,18H,2,5,14-15H2,1H3,(H,24,25)(H,26,27)/b4-3+. The summed E-state index contributed by atoms with van der Waals surface area (Å²) in [5.41, 5.74) is 1.65. The van der Waals surface area contributed by atoms with E-state index in [9.17, 15) is 19.1 Å². The number of hydrogen-bond donors (Lipinski definition) is 2. The summed E-state index contributed by atoms with van der Waals surface area (Å²) in [4.78, 5) is 23.4. The number of rotatable bonds is 10. The van der Waals surface area contributed by atoms with Crippen LogP contribution in [-0.4, -0.2) is 30.1 Å². The fourth-order valence-corrected chi connectivity index (χ4v) is 2.60. The van der Waals surface area contributed by atoms with E-state index in [2.05, 4.69) is 5.32 Å². The summed E-state index contributed by atoms with van der Waals surface area (Å²) in [6.45, 7) is 2.51. The van der Waals surface area contributed by atoms with Crippen LogP contribution in [0.25, 0.3) is 6.08 Å². The summed E-state index contributed by atoms with van der Waals surface area (Å²) in [7, 11) is 0. The molecule has 5 nitrogen and oxygen atoms in total. The normalized spacial score (nSPS) is 11.9. The Morgan fingerprint density at radius 1 is 1.14 bits per heavy atom. The second kappa shape index (κ2) is 10.9. The average Bonchev–Trinajstić information content (AvgIpc) is 2.68. The van der Waals surface area contributed by atoms with Crippen molar-refractivity contribution in [3.63, 3.8) is 0 Å². The van der Waals surface area contributed by atoms with Gasteiger partial charge in [0.1, 0.15) is 11.6 Å². The average molecular weight is 385 g/mol. The molecule has 0 radical (unpaired) electrons. The Bertz CT molecular complexity index is 800. The largest absolute Gasteiger partial charge is 0.494 e. The third kappa shape index (κ3) is 7.23. The lowest BCUT2D eigenvalue weighted by Crippen LogP contribution is -2.33. The Balaban J connectivity index is 1.82. The summed E-state index contributed by atoms with van der Waals surface area (Å²) in [6.07, 6.45) is 3.80. The van der Waals surface area contributed by atoms with Crippen molar-refractivity contribution in [3.05, 3.63) is 71.6 Å². The Labute approximate surface area is 163 Å². The van der Waals surface area contributed by atoms with E-state index in [1.807, 2.05) is 19.1 Å². The third-order valence-corrected chi connectivity index (χ3v) is 4.09. The highest BCUT2D eigenvalue weighted by atomic mass is 19.1. The molecule has 0 heterocycles. The number of benzene rings is 2. The van der Waals surface area contributed by atoms with Gasteiger partial charge in [-0.1, -0.05) is 36.4 Å². The first-order valence-electron chi connectivity index (χ1n) is 9.11. The molecule has 0 saturated carbocycles. The smallest absolute Gasteiger partial charge is 0.308 e. The van der Waals surface area contributed by atoms with Gasteiger partial charge in [-0.25, -0.2) is 4.39 Å². The molecule has 2 rings (SSSR count).